The van der Waals surface area contributed by atoms with Gasteiger partial charge >= 0.3 is 5.97 Å². The zero-order chi connectivity index (χ0) is 22.6. The van der Waals surface area contributed by atoms with Gasteiger partial charge in [-0.3, -0.25) is 4.79 Å². The zero-order valence-electron chi connectivity index (χ0n) is 18.6. The van der Waals surface area contributed by atoms with Crippen molar-refractivity contribution in [3.63, 3.8) is 0 Å². The molecule has 0 bridgehead atoms. The van der Waals surface area contributed by atoms with Gasteiger partial charge in [0.1, 0.15) is 28.2 Å². The summed E-state index contributed by atoms with van der Waals surface area (Å²) in [5.74, 6) is 0.146. The molecule has 0 unspecified atom stereocenters. The van der Waals surface area contributed by atoms with Gasteiger partial charge in [-0.2, -0.15) is 0 Å². The lowest BCUT2D eigenvalue weighted by molar-refractivity contribution is -0.134. The number of fused-ring (bicyclic) bond motifs is 1. The Labute approximate surface area is 188 Å². The molecule has 0 aliphatic heterocycles. The van der Waals surface area contributed by atoms with E-state index in [0.29, 0.717) is 39.5 Å². The summed E-state index contributed by atoms with van der Waals surface area (Å²) in [5, 5.41) is 20.4. The van der Waals surface area contributed by atoms with Crippen LogP contribution in [0.4, 0.5) is 0 Å². The Morgan fingerprint density at radius 3 is 2.48 bits per heavy atom. The fourth-order valence-electron chi connectivity index (χ4n) is 3.43. The number of aromatic hydroxyl groups is 1. The second-order valence-corrected chi connectivity index (χ2v) is 9.29. The minimum atomic E-state index is -0.378. The minimum absolute atomic E-state index is 0.0540. The van der Waals surface area contributed by atoms with E-state index in [1.165, 1.54) is 17.6 Å². The number of ether oxygens (including phenoxy) is 1. The number of esters is 1. The molecule has 3 rings (SSSR count). The van der Waals surface area contributed by atoms with Crippen molar-refractivity contribution in [2.24, 2.45) is 0 Å². The van der Waals surface area contributed by atoms with Crippen molar-refractivity contribution < 1.29 is 14.6 Å². The Morgan fingerprint density at radius 1 is 1.06 bits per heavy atom. The van der Waals surface area contributed by atoms with Crippen LogP contribution in [0.3, 0.4) is 0 Å². The summed E-state index contributed by atoms with van der Waals surface area (Å²) in [6.07, 6.45) is 5.67. The lowest BCUT2D eigenvalue weighted by atomic mass is 9.86. The molecule has 0 saturated carbocycles. The SMILES string of the molecule is CCCCCCCC(=O)Oc1cc(-n2nc3ccc(Cl)cc3n2)c(O)c(C(C)(C)C)c1. The number of nitrogens with zero attached hydrogens (tertiary/aromatic N) is 3. The summed E-state index contributed by atoms with van der Waals surface area (Å²) in [4.78, 5) is 13.7. The molecule has 31 heavy (non-hydrogen) atoms. The third kappa shape index (κ3) is 5.76. The van der Waals surface area contributed by atoms with Crippen molar-refractivity contribution in [1.29, 1.82) is 0 Å². The number of phenols is 1. The predicted octanol–water partition coefficient (Wildman–Crippen LogP) is 6.34. The number of unbranched alkanes of at least 4 members (excludes halogenated alkanes) is 4. The van der Waals surface area contributed by atoms with Gasteiger partial charge in [-0.25, -0.2) is 0 Å². The molecule has 7 heteroatoms. The normalized spacial score (nSPS) is 11.8. The fourth-order valence-corrected chi connectivity index (χ4v) is 3.59. The van der Waals surface area contributed by atoms with Gasteiger partial charge in [-0.15, -0.1) is 15.0 Å². The Morgan fingerprint density at radius 2 is 1.77 bits per heavy atom. The summed E-state index contributed by atoms with van der Waals surface area (Å²) in [6.45, 7) is 8.11. The maximum atomic E-state index is 12.4. The van der Waals surface area contributed by atoms with Crippen LogP contribution in [-0.2, 0) is 10.2 Å². The highest BCUT2D eigenvalue weighted by Gasteiger charge is 2.24. The van der Waals surface area contributed by atoms with Crippen LogP contribution in [0, 0.1) is 0 Å². The standard InChI is InChI=1S/C24H30ClN3O3/c1-5-6-7-8-9-10-22(29)31-17-14-18(24(2,3)4)23(30)21(15-17)28-26-19-12-11-16(25)13-20(19)27-28/h11-15,30H,5-10H2,1-4H3. The molecule has 0 spiro atoms. The number of aromatic nitrogens is 3. The molecule has 0 radical (unpaired) electrons. The molecule has 2 aromatic carbocycles. The Balaban J connectivity index is 1.91. The van der Waals surface area contributed by atoms with Gasteiger partial charge in [0.15, 0.2) is 0 Å². The largest absolute Gasteiger partial charge is 0.505 e. The summed E-state index contributed by atoms with van der Waals surface area (Å²) < 4.78 is 5.63. The Bertz CT molecular complexity index is 1070. The zero-order valence-corrected chi connectivity index (χ0v) is 19.4. The highest BCUT2D eigenvalue weighted by Crippen LogP contribution is 2.38. The van der Waals surface area contributed by atoms with Crippen LogP contribution < -0.4 is 4.74 Å². The van der Waals surface area contributed by atoms with E-state index >= 15 is 0 Å². The first-order chi connectivity index (χ1) is 14.7. The van der Waals surface area contributed by atoms with E-state index in [2.05, 4.69) is 17.1 Å². The smallest absolute Gasteiger partial charge is 0.311 e. The number of carbonyl (C=O) groups excluding carboxylic acids is 1. The molecule has 0 saturated heterocycles. The van der Waals surface area contributed by atoms with Crippen molar-refractivity contribution in [3.8, 4) is 17.2 Å². The minimum Gasteiger partial charge on any atom is -0.505 e. The number of halogens is 1. The van der Waals surface area contributed by atoms with E-state index in [1.807, 2.05) is 20.8 Å². The van der Waals surface area contributed by atoms with Crippen LogP contribution in [0.5, 0.6) is 11.5 Å². The number of hydrogen-bond acceptors (Lipinski definition) is 5. The number of rotatable bonds is 8. The van der Waals surface area contributed by atoms with Crippen LogP contribution in [0.1, 0.15) is 71.8 Å². The average molecular weight is 444 g/mol. The molecule has 6 nitrogen and oxygen atoms in total. The van der Waals surface area contributed by atoms with Crippen molar-refractivity contribution in [2.75, 3.05) is 0 Å². The Hall–Kier alpha value is -2.60. The number of carbonyl (C=O) groups is 1. The molecule has 0 aliphatic carbocycles. The fraction of sp³-hybridized carbons (Fsp3) is 0.458. The van der Waals surface area contributed by atoms with Crippen molar-refractivity contribution in [3.05, 3.63) is 40.9 Å². The second kappa shape index (κ2) is 9.69. The van der Waals surface area contributed by atoms with Crippen LogP contribution in [0.2, 0.25) is 5.02 Å². The van der Waals surface area contributed by atoms with E-state index in [1.54, 1.807) is 30.3 Å². The van der Waals surface area contributed by atoms with E-state index in [0.717, 1.165) is 19.3 Å². The molecular formula is C24H30ClN3O3. The monoisotopic (exact) mass is 443 g/mol. The molecule has 1 N–H and O–H groups in total. The molecule has 1 heterocycles. The van der Waals surface area contributed by atoms with Crippen molar-refractivity contribution in [1.82, 2.24) is 15.0 Å². The van der Waals surface area contributed by atoms with Gasteiger partial charge in [0, 0.05) is 23.1 Å². The van der Waals surface area contributed by atoms with Crippen molar-refractivity contribution >= 4 is 28.6 Å². The van der Waals surface area contributed by atoms with E-state index < -0.39 is 0 Å². The molecule has 0 fully saturated rings. The number of phenolic OH excluding ortho intramolecular Hbond substituents is 1. The summed E-state index contributed by atoms with van der Waals surface area (Å²) in [7, 11) is 0. The predicted molar refractivity (Wildman–Crippen MR) is 123 cm³/mol. The van der Waals surface area contributed by atoms with Crippen LogP contribution in [-0.4, -0.2) is 26.1 Å². The molecule has 0 amide bonds. The second-order valence-electron chi connectivity index (χ2n) is 8.85. The third-order valence-corrected chi connectivity index (χ3v) is 5.38. The molecule has 1 aromatic heterocycles. The average Bonchev–Trinajstić information content (AvgIpc) is 3.11. The molecule has 0 atom stereocenters. The topological polar surface area (TPSA) is 77.2 Å². The van der Waals surface area contributed by atoms with Gasteiger partial charge in [0.05, 0.1) is 0 Å². The molecule has 3 aromatic rings. The number of benzene rings is 2. The van der Waals surface area contributed by atoms with Crippen molar-refractivity contribution in [2.45, 2.75) is 71.6 Å². The lowest BCUT2D eigenvalue weighted by Crippen LogP contribution is -2.15. The van der Waals surface area contributed by atoms with Gasteiger partial charge < -0.3 is 9.84 Å². The first-order valence-electron chi connectivity index (χ1n) is 10.8. The summed E-state index contributed by atoms with van der Waals surface area (Å²) in [5.41, 5.74) is 1.88. The maximum absolute atomic E-state index is 12.4. The van der Waals surface area contributed by atoms with Crippen LogP contribution in [0.25, 0.3) is 16.7 Å². The van der Waals surface area contributed by atoms with Gasteiger partial charge in [-0.1, -0.05) is 65.0 Å². The van der Waals surface area contributed by atoms with Crippen LogP contribution in [0.15, 0.2) is 30.3 Å². The lowest BCUT2D eigenvalue weighted by Gasteiger charge is -2.22. The highest BCUT2D eigenvalue weighted by molar-refractivity contribution is 6.31. The number of hydrogen-bond donors (Lipinski definition) is 1. The van der Waals surface area contributed by atoms with Gasteiger partial charge in [0.2, 0.25) is 0 Å². The molecule has 166 valence electrons. The third-order valence-electron chi connectivity index (χ3n) is 5.15. The van der Waals surface area contributed by atoms with Crippen LogP contribution >= 0.6 is 11.6 Å². The van der Waals surface area contributed by atoms with E-state index in [9.17, 15) is 9.90 Å². The summed E-state index contributed by atoms with van der Waals surface area (Å²) in [6, 6.07) is 8.53. The van der Waals surface area contributed by atoms with E-state index in [4.69, 9.17) is 16.3 Å². The van der Waals surface area contributed by atoms with Gasteiger partial charge in [0.25, 0.3) is 0 Å². The summed E-state index contributed by atoms with van der Waals surface area (Å²) >= 11 is 6.06. The molecule has 0 aliphatic rings. The molecular weight excluding hydrogens is 414 g/mol. The first-order valence-corrected chi connectivity index (χ1v) is 11.2. The highest BCUT2D eigenvalue weighted by atomic mass is 35.5. The maximum Gasteiger partial charge on any atom is 0.311 e. The first kappa shape index (κ1) is 23.1. The van der Waals surface area contributed by atoms with Gasteiger partial charge in [-0.05, 0) is 36.1 Å². The Kier molecular flexibility index (Phi) is 7.21. The van der Waals surface area contributed by atoms with E-state index in [-0.39, 0.29) is 17.1 Å². The quantitative estimate of drug-likeness (QED) is 0.249.